The predicted octanol–water partition coefficient (Wildman–Crippen LogP) is 3.78. The molecule has 0 radical (unpaired) electrons. The highest BCUT2D eigenvalue weighted by molar-refractivity contribution is 5.84. The summed E-state index contributed by atoms with van der Waals surface area (Å²) in [5.41, 5.74) is -1.19. The van der Waals surface area contributed by atoms with Crippen LogP contribution in [0, 0.1) is 17.5 Å². The third-order valence-corrected chi connectivity index (χ3v) is 2.77. The molecule has 0 unspecified atom stereocenters. The maximum atomic E-state index is 13.8. The van der Waals surface area contributed by atoms with Crippen LogP contribution in [-0.4, -0.2) is 24.3 Å². The van der Waals surface area contributed by atoms with Gasteiger partial charge in [-0.05, 0) is 32.4 Å². The van der Waals surface area contributed by atoms with Gasteiger partial charge in [0.2, 0.25) is 0 Å². The minimum Gasteiger partial charge on any atom is -0.458 e. The van der Waals surface area contributed by atoms with Crippen molar-refractivity contribution in [2.24, 2.45) is 0 Å². The van der Waals surface area contributed by atoms with Crippen molar-refractivity contribution < 1.29 is 32.2 Å². The predicted molar refractivity (Wildman–Crippen MR) is 88.6 cm³/mol. The van der Waals surface area contributed by atoms with Gasteiger partial charge in [0.1, 0.15) is 18.0 Å². The van der Waals surface area contributed by atoms with E-state index in [0.717, 1.165) is 6.08 Å². The van der Waals surface area contributed by atoms with Crippen molar-refractivity contribution in [1.82, 2.24) is 5.32 Å². The SMILES string of the molecule is C=CCOC(=O)C=C(Cc1cc(F)c(F)cc1F)NC(=O)OC(C)(C)C. The van der Waals surface area contributed by atoms with E-state index < -0.39 is 41.5 Å². The maximum Gasteiger partial charge on any atom is 0.411 e. The summed E-state index contributed by atoms with van der Waals surface area (Å²) in [5.74, 6) is -4.46. The molecule has 0 saturated heterocycles. The lowest BCUT2D eigenvalue weighted by atomic mass is 10.1. The summed E-state index contributed by atoms with van der Waals surface area (Å²) in [6.45, 7) is 8.19. The number of hydrogen-bond donors (Lipinski definition) is 1. The smallest absolute Gasteiger partial charge is 0.411 e. The molecule has 0 spiro atoms. The van der Waals surface area contributed by atoms with Gasteiger partial charge in [0.25, 0.3) is 0 Å². The number of esters is 1. The molecule has 1 amide bonds. The molecule has 0 aliphatic carbocycles. The first-order valence-corrected chi connectivity index (χ1v) is 7.63. The van der Waals surface area contributed by atoms with Crippen molar-refractivity contribution in [2.45, 2.75) is 32.8 Å². The fourth-order valence-electron chi connectivity index (χ4n) is 1.80. The number of halogens is 3. The van der Waals surface area contributed by atoms with Crippen LogP contribution in [0.5, 0.6) is 0 Å². The quantitative estimate of drug-likeness (QED) is 0.358. The largest absolute Gasteiger partial charge is 0.458 e. The summed E-state index contributed by atoms with van der Waals surface area (Å²) in [4.78, 5) is 23.6. The first-order valence-electron chi connectivity index (χ1n) is 7.63. The zero-order chi connectivity index (χ0) is 19.9. The van der Waals surface area contributed by atoms with Crippen molar-refractivity contribution in [1.29, 1.82) is 0 Å². The van der Waals surface area contributed by atoms with Gasteiger partial charge in [0.05, 0.1) is 0 Å². The van der Waals surface area contributed by atoms with Crippen LogP contribution >= 0.6 is 0 Å². The highest BCUT2D eigenvalue weighted by Gasteiger charge is 2.19. The molecule has 26 heavy (non-hydrogen) atoms. The first kappa shape index (κ1) is 21.3. The van der Waals surface area contributed by atoms with Crippen LogP contribution in [0.1, 0.15) is 26.3 Å². The van der Waals surface area contributed by atoms with Crippen LogP contribution in [0.3, 0.4) is 0 Å². The number of amides is 1. The molecule has 1 aromatic carbocycles. The van der Waals surface area contributed by atoms with Gasteiger partial charge >= 0.3 is 12.1 Å². The minimum atomic E-state index is -1.35. The lowest BCUT2D eigenvalue weighted by Gasteiger charge is -2.20. The summed E-state index contributed by atoms with van der Waals surface area (Å²) in [6.07, 6.45) is 0.935. The molecular formula is C18H20F3NO4. The van der Waals surface area contributed by atoms with Gasteiger partial charge in [-0.2, -0.15) is 0 Å². The van der Waals surface area contributed by atoms with E-state index in [-0.39, 0.29) is 17.9 Å². The molecule has 0 atom stereocenters. The number of alkyl carbamates (subject to hydrolysis) is 1. The zero-order valence-electron chi connectivity index (χ0n) is 14.7. The number of ether oxygens (including phenoxy) is 2. The van der Waals surface area contributed by atoms with Gasteiger partial charge in [0.15, 0.2) is 11.6 Å². The zero-order valence-corrected chi connectivity index (χ0v) is 14.7. The fraction of sp³-hybridized carbons (Fsp3) is 0.333. The molecule has 0 aliphatic rings. The number of rotatable bonds is 6. The number of hydrogen-bond acceptors (Lipinski definition) is 4. The summed E-state index contributed by atoms with van der Waals surface area (Å²) in [6, 6.07) is 1.02. The van der Waals surface area contributed by atoms with E-state index >= 15 is 0 Å². The van der Waals surface area contributed by atoms with Gasteiger partial charge in [-0.3, -0.25) is 5.32 Å². The molecule has 0 bridgehead atoms. The highest BCUT2D eigenvalue weighted by atomic mass is 19.2. The lowest BCUT2D eigenvalue weighted by molar-refractivity contribution is -0.136. The van der Waals surface area contributed by atoms with Gasteiger partial charge in [-0.1, -0.05) is 12.7 Å². The molecule has 0 saturated carbocycles. The number of carbonyl (C=O) groups is 2. The minimum absolute atomic E-state index is 0.0748. The molecule has 5 nitrogen and oxygen atoms in total. The Morgan fingerprint density at radius 3 is 2.35 bits per heavy atom. The summed E-state index contributed by atoms with van der Waals surface area (Å²) in [5, 5.41) is 2.28. The highest BCUT2D eigenvalue weighted by Crippen LogP contribution is 2.17. The number of carbonyl (C=O) groups excluding carboxylic acids is 2. The second-order valence-electron chi connectivity index (χ2n) is 6.25. The first-order chi connectivity index (χ1) is 12.0. The Balaban J connectivity index is 3.06. The molecular weight excluding hydrogens is 351 g/mol. The van der Waals surface area contributed by atoms with Gasteiger partial charge in [-0.15, -0.1) is 0 Å². The second kappa shape index (κ2) is 9.07. The molecule has 0 aliphatic heterocycles. The van der Waals surface area contributed by atoms with E-state index in [1.807, 2.05) is 0 Å². The monoisotopic (exact) mass is 371 g/mol. The Morgan fingerprint density at radius 1 is 1.15 bits per heavy atom. The van der Waals surface area contributed by atoms with Crippen LogP contribution < -0.4 is 5.32 Å². The number of allylic oxidation sites excluding steroid dienone is 1. The Morgan fingerprint density at radius 2 is 1.77 bits per heavy atom. The summed E-state index contributed by atoms with van der Waals surface area (Å²) in [7, 11) is 0. The topological polar surface area (TPSA) is 64.6 Å². The molecule has 0 aromatic heterocycles. The van der Waals surface area contributed by atoms with E-state index in [1.54, 1.807) is 20.8 Å². The lowest BCUT2D eigenvalue weighted by Crippen LogP contribution is -2.33. The van der Waals surface area contributed by atoms with E-state index in [0.29, 0.717) is 12.1 Å². The van der Waals surface area contributed by atoms with E-state index in [4.69, 9.17) is 9.47 Å². The van der Waals surface area contributed by atoms with Crippen molar-refractivity contribution in [2.75, 3.05) is 6.61 Å². The average Bonchev–Trinajstić information content (AvgIpc) is 2.48. The number of nitrogens with one attached hydrogen (secondary N) is 1. The van der Waals surface area contributed by atoms with E-state index in [2.05, 4.69) is 11.9 Å². The van der Waals surface area contributed by atoms with Crippen LogP contribution in [-0.2, 0) is 20.7 Å². The summed E-state index contributed by atoms with van der Waals surface area (Å²) < 4.78 is 50.0. The van der Waals surface area contributed by atoms with Crippen molar-refractivity contribution in [3.63, 3.8) is 0 Å². The average molecular weight is 371 g/mol. The van der Waals surface area contributed by atoms with E-state index in [1.165, 1.54) is 6.08 Å². The third kappa shape index (κ3) is 7.42. The standard InChI is InChI=1S/C18H20F3NO4/c1-5-6-25-16(23)9-12(22-17(24)26-18(2,3)4)7-11-8-14(20)15(21)10-13(11)19/h5,8-10H,1,6-7H2,2-4H3,(H,22,24). The Hall–Kier alpha value is -2.77. The normalized spacial score (nSPS) is 11.7. The maximum absolute atomic E-state index is 13.8. The molecule has 1 rings (SSSR count). The van der Waals surface area contributed by atoms with Crippen LogP contribution in [0.25, 0.3) is 0 Å². The Bertz CT molecular complexity index is 724. The van der Waals surface area contributed by atoms with Gasteiger partial charge in [-0.25, -0.2) is 22.8 Å². The molecule has 8 heteroatoms. The van der Waals surface area contributed by atoms with Crippen LogP contribution in [0.15, 0.2) is 36.6 Å². The van der Waals surface area contributed by atoms with Gasteiger partial charge in [0, 0.05) is 24.3 Å². The Labute approximate surface area is 149 Å². The number of benzene rings is 1. The molecule has 1 N–H and O–H groups in total. The van der Waals surface area contributed by atoms with E-state index in [9.17, 15) is 22.8 Å². The van der Waals surface area contributed by atoms with Gasteiger partial charge < -0.3 is 9.47 Å². The van der Waals surface area contributed by atoms with Crippen molar-refractivity contribution >= 4 is 12.1 Å². The molecule has 0 fully saturated rings. The summed E-state index contributed by atoms with van der Waals surface area (Å²) >= 11 is 0. The van der Waals surface area contributed by atoms with Crippen LogP contribution in [0.4, 0.5) is 18.0 Å². The third-order valence-electron chi connectivity index (χ3n) is 2.77. The van der Waals surface area contributed by atoms with Crippen LogP contribution in [0.2, 0.25) is 0 Å². The Kier molecular flexibility index (Phi) is 7.42. The van der Waals surface area contributed by atoms with Crippen molar-refractivity contribution in [3.05, 3.63) is 59.6 Å². The fourth-order valence-corrected chi connectivity index (χ4v) is 1.80. The second-order valence-corrected chi connectivity index (χ2v) is 6.25. The molecule has 0 heterocycles. The molecule has 142 valence electrons. The molecule has 1 aromatic rings. The van der Waals surface area contributed by atoms with Crippen molar-refractivity contribution in [3.8, 4) is 0 Å².